The molecule has 0 spiro atoms. The lowest BCUT2D eigenvalue weighted by Gasteiger charge is -2.32. The molecule has 2 heterocycles. The Morgan fingerprint density at radius 1 is 1.23 bits per heavy atom. The van der Waals surface area contributed by atoms with Gasteiger partial charge in [-0.25, -0.2) is 0 Å². The largest absolute Gasteiger partial charge is 0.368 e. The average Bonchev–Trinajstić information content (AvgIpc) is 3.06. The van der Waals surface area contributed by atoms with Gasteiger partial charge in [0.1, 0.15) is 6.10 Å². The predicted molar refractivity (Wildman–Crippen MR) is 86.9 cm³/mol. The van der Waals surface area contributed by atoms with Crippen LogP contribution in [-0.2, 0) is 16.1 Å². The fraction of sp³-hybridized carbons (Fsp3) is 0.588. The molecule has 0 radical (unpaired) electrons. The second-order valence-electron chi connectivity index (χ2n) is 6.19. The van der Waals surface area contributed by atoms with E-state index in [1.54, 1.807) is 0 Å². The predicted octanol–water partition coefficient (Wildman–Crippen LogP) is 2.60. The van der Waals surface area contributed by atoms with E-state index in [0.717, 1.165) is 56.9 Å². The number of carbonyl (C=O) groups excluding carboxylic acids is 1. The minimum atomic E-state index is -0.216. The highest BCUT2D eigenvalue weighted by Gasteiger charge is 2.27. The van der Waals surface area contributed by atoms with Gasteiger partial charge in [0.15, 0.2) is 0 Å². The minimum absolute atomic E-state index is 0.0775. The first kappa shape index (κ1) is 15.8. The molecule has 0 bridgehead atoms. The van der Waals surface area contributed by atoms with E-state index < -0.39 is 0 Å². The molecule has 1 amide bonds. The van der Waals surface area contributed by atoms with Crippen LogP contribution < -0.4 is 5.32 Å². The van der Waals surface area contributed by atoms with Gasteiger partial charge in [-0.3, -0.25) is 9.69 Å². The molecule has 0 aliphatic carbocycles. The second kappa shape index (κ2) is 7.44. The van der Waals surface area contributed by atoms with Crippen LogP contribution in [0.4, 0.5) is 0 Å². The van der Waals surface area contributed by atoms with Crippen molar-refractivity contribution in [3.05, 3.63) is 34.9 Å². The molecule has 120 valence electrons. The number of nitrogens with one attached hydrogen (secondary N) is 1. The van der Waals surface area contributed by atoms with Gasteiger partial charge in [0, 0.05) is 37.3 Å². The lowest BCUT2D eigenvalue weighted by molar-refractivity contribution is -0.131. The van der Waals surface area contributed by atoms with Crippen molar-refractivity contribution >= 4 is 17.5 Å². The zero-order valence-corrected chi connectivity index (χ0v) is 13.5. The van der Waals surface area contributed by atoms with Crippen LogP contribution in [0.15, 0.2) is 24.3 Å². The summed E-state index contributed by atoms with van der Waals surface area (Å²) in [5.41, 5.74) is 1.28. The third kappa shape index (κ3) is 4.22. The van der Waals surface area contributed by atoms with Crippen molar-refractivity contribution in [1.29, 1.82) is 0 Å². The Bertz CT molecular complexity index is 492. The molecule has 5 heteroatoms. The summed E-state index contributed by atoms with van der Waals surface area (Å²) in [6, 6.07) is 8.32. The quantitative estimate of drug-likeness (QED) is 0.926. The van der Waals surface area contributed by atoms with Crippen LogP contribution in [0.5, 0.6) is 0 Å². The molecule has 2 saturated heterocycles. The van der Waals surface area contributed by atoms with Crippen molar-refractivity contribution < 1.29 is 9.53 Å². The van der Waals surface area contributed by atoms with Crippen LogP contribution in [0.3, 0.4) is 0 Å². The van der Waals surface area contributed by atoms with E-state index in [1.165, 1.54) is 5.56 Å². The first-order chi connectivity index (χ1) is 10.7. The van der Waals surface area contributed by atoms with Crippen LogP contribution in [-0.4, -0.2) is 42.6 Å². The first-order valence-corrected chi connectivity index (χ1v) is 8.47. The molecule has 2 fully saturated rings. The van der Waals surface area contributed by atoms with Crippen molar-refractivity contribution in [2.24, 2.45) is 0 Å². The second-order valence-corrected chi connectivity index (χ2v) is 6.62. The maximum atomic E-state index is 12.1. The van der Waals surface area contributed by atoms with Crippen molar-refractivity contribution in [2.45, 2.75) is 44.4 Å². The Morgan fingerprint density at radius 2 is 1.95 bits per heavy atom. The van der Waals surface area contributed by atoms with Gasteiger partial charge >= 0.3 is 0 Å². The van der Waals surface area contributed by atoms with Crippen molar-refractivity contribution in [2.75, 3.05) is 19.7 Å². The summed E-state index contributed by atoms with van der Waals surface area (Å²) in [6.07, 6.45) is 3.66. The van der Waals surface area contributed by atoms with Crippen LogP contribution in [0.2, 0.25) is 5.02 Å². The van der Waals surface area contributed by atoms with E-state index in [-0.39, 0.29) is 18.1 Å². The lowest BCUT2D eigenvalue weighted by Crippen LogP contribution is -2.47. The highest BCUT2D eigenvalue weighted by molar-refractivity contribution is 6.30. The summed E-state index contributed by atoms with van der Waals surface area (Å²) in [4.78, 5) is 14.5. The molecule has 2 aliphatic rings. The van der Waals surface area contributed by atoms with Gasteiger partial charge in [0.25, 0.3) is 0 Å². The van der Waals surface area contributed by atoms with E-state index in [9.17, 15) is 4.79 Å². The molecule has 0 aromatic heterocycles. The molecule has 22 heavy (non-hydrogen) atoms. The van der Waals surface area contributed by atoms with Gasteiger partial charge < -0.3 is 10.1 Å². The maximum Gasteiger partial charge on any atom is 0.249 e. The third-order valence-corrected chi connectivity index (χ3v) is 4.73. The summed E-state index contributed by atoms with van der Waals surface area (Å²) in [6.45, 7) is 3.69. The van der Waals surface area contributed by atoms with Crippen molar-refractivity contribution in [3.63, 3.8) is 0 Å². The van der Waals surface area contributed by atoms with Crippen molar-refractivity contribution in [1.82, 2.24) is 10.2 Å². The normalized spacial score (nSPS) is 23.6. The molecule has 3 rings (SSSR count). The van der Waals surface area contributed by atoms with E-state index >= 15 is 0 Å². The van der Waals surface area contributed by atoms with E-state index in [2.05, 4.69) is 22.3 Å². The molecule has 1 aromatic carbocycles. The first-order valence-electron chi connectivity index (χ1n) is 8.09. The number of likely N-dealkylation sites (tertiary alicyclic amines) is 1. The summed E-state index contributed by atoms with van der Waals surface area (Å²) >= 11 is 5.91. The summed E-state index contributed by atoms with van der Waals surface area (Å²) in [7, 11) is 0. The number of piperidine rings is 1. The van der Waals surface area contributed by atoms with Crippen LogP contribution >= 0.6 is 11.6 Å². The maximum absolute atomic E-state index is 12.1. The number of nitrogens with zero attached hydrogens (tertiary/aromatic N) is 1. The topological polar surface area (TPSA) is 41.6 Å². The van der Waals surface area contributed by atoms with Gasteiger partial charge in [0.2, 0.25) is 5.91 Å². The number of ether oxygens (including phenoxy) is 1. The molecule has 1 aromatic rings. The number of rotatable bonds is 4. The zero-order chi connectivity index (χ0) is 15.4. The van der Waals surface area contributed by atoms with E-state index in [4.69, 9.17) is 16.3 Å². The standard InChI is InChI=1S/C17H23ClN2O2/c18-14-5-3-13(4-6-14)12-20-9-7-15(8-10-20)19-17(21)16-2-1-11-22-16/h3-6,15-16H,1-2,7-12H2,(H,19,21)/t16-/m0/s1. The Labute approximate surface area is 136 Å². The number of carbonyl (C=O) groups is 1. The molecule has 1 atom stereocenters. The summed E-state index contributed by atoms with van der Waals surface area (Å²) < 4.78 is 5.43. The monoisotopic (exact) mass is 322 g/mol. The number of hydrogen-bond donors (Lipinski definition) is 1. The molecule has 4 nitrogen and oxygen atoms in total. The molecule has 2 aliphatic heterocycles. The van der Waals surface area contributed by atoms with Crippen molar-refractivity contribution in [3.8, 4) is 0 Å². The third-order valence-electron chi connectivity index (χ3n) is 4.48. The number of amides is 1. The Kier molecular flexibility index (Phi) is 5.34. The Hall–Kier alpha value is -1.10. The van der Waals surface area contributed by atoms with Gasteiger partial charge in [-0.05, 0) is 43.4 Å². The van der Waals surface area contributed by atoms with E-state index in [1.807, 2.05) is 12.1 Å². The molecule has 0 saturated carbocycles. The Balaban J connectivity index is 1.42. The minimum Gasteiger partial charge on any atom is -0.368 e. The molecule has 1 N–H and O–H groups in total. The SMILES string of the molecule is O=C(NC1CCN(Cc2ccc(Cl)cc2)CC1)[C@@H]1CCCO1. The smallest absolute Gasteiger partial charge is 0.249 e. The van der Waals surface area contributed by atoms with E-state index in [0.29, 0.717) is 0 Å². The molecular weight excluding hydrogens is 300 g/mol. The molecule has 0 unspecified atom stereocenters. The van der Waals surface area contributed by atoms with Crippen LogP contribution in [0, 0.1) is 0 Å². The van der Waals surface area contributed by atoms with Gasteiger partial charge in [0.05, 0.1) is 0 Å². The summed E-state index contributed by atoms with van der Waals surface area (Å²) in [5, 5.41) is 3.92. The summed E-state index contributed by atoms with van der Waals surface area (Å²) in [5.74, 6) is 0.0775. The van der Waals surface area contributed by atoms with Crippen LogP contribution in [0.1, 0.15) is 31.2 Å². The van der Waals surface area contributed by atoms with Gasteiger partial charge in [-0.2, -0.15) is 0 Å². The Morgan fingerprint density at radius 3 is 2.59 bits per heavy atom. The number of benzene rings is 1. The number of hydrogen-bond acceptors (Lipinski definition) is 3. The highest BCUT2D eigenvalue weighted by Crippen LogP contribution is 2.17. The fourth-order valence-electron chi connectivity index (χ4n) is 3.16. The fourth-order valence-corrected chi connectivity index (χ4v) is 3.29. The average molecular weight is 323 g/mol. The lowest BCUT2D eigenvalue weighted by atomic mass is 10.0. The number of halogens is 1. The van der Waals surface area contributed by atoms with Gasteiger partial charge in [-0.15, -0.1) is 0 Å². The zero-order valence-electron chi connectivity index (χ0n) is 12.8. The van der Waals surface area contributed by atoms with Gasteiger partial charge in [-0.1, -0.05) is 23.7 Å². The van der Waals surface area contributed by atoms with Crippen LogP contribution in [0.25, 0.3) is 0 Å². The highest BCUT2D eigenvalue weighted by atomic mass is 35.5. The molecular formula is C17H23ClN2O2.